The Bertz CT molecular complexity index is 1000. The van der Waals surface area contributed by atoms with Crippen molar-refractivity contribution in [2.24, 2.45) is 0 Å². The van der Waals surface area contributed by atoms with E-state index in [1.807, 2.05) is 48.3 Å². The summed E-state index contributed by atoms with van der Waals surface area (Å²) in [5.74, 6) is -0.354. The molecule has 0 unspecified atom stereocenters. The number of nitrogens with one attached hydrogen (secondary N) is 1. The van der Waals surface area contributed by atoms with Gasteiger partial charge in [-0.25, -0.2) is 0 Å². The Morgan fingerprint density at radius 2 is 1.70 bits per heavy atom. The molecule has 0 aliphatic heterocycles. The van der Waals surface area contributed by atoms with Gasteiger partial charge in [-0.15, -0.1) is 0 Å². The van der Waals surface area contributed by atoms with Crippen molar-refractivity contribution >= 4 is 23.4 Å². The zero-order valence-corrected chi connectivity index (χ0v) is 16.1. The Balaban J connectivity index is 1.52. The SMILES string of the molecule is CN(c1ccncc1)c1ccc(CNC(=O)/C=C\c2ccc(C(F)(F)F)nc2)cc1. The quantitative estimate of drug-likeness (QED) is 0.602. The van der Waals surface area contributed by atoms with Crippen molar-refractivity contribution in [1.82, 2.24) is 15.3 Å². The van der Waals surface area contributed by atoms with Crippen LogP contribution >= 0.6 is 0 Å². The third-order valence-corrected chi connectivity index (χ3v) is 4.34. The molecule has 0 aliphatic rings. The summed E-state index contributed by atoms with van der Waals surface area (Å²) in [7, 11) is 1.95. The minimum Gasteiger partial charge on any atom is -0.348 e. The third kappa shape index (κ3) is 5.66. The van der Waals surface area contributed by atoms with Crippen molar-refractivity contribution in [3.63, 3.8) is 0 Å². The molecule has 0 saturated carbocycles. The van der Waals surface area contributed by atoms with Crippen molar-refractivity contribution in [3.05, 3.63) is 90.0 Å². The number of amides is 1. The summed E-state index contributed by atoms with van der Waals surface area (Å²) >= 11 is 0. The van der Waals surface area contributed by atoms with Gasteiger partial charge in [0, 0.05) is 49.6 Å². The molecule has 0 aliphatic carbocycles. The van der Waals surface area contributed by atoms with Crippen LogP contribution in [0.2, 0.25) is 0 Å². The molecule has 1 N–H and O–H groups in total. The smallest absolute Gasteiger partial charge is 0.348 e. The molecule has 5 nitrogen and oxygen atoms in total. The topological polar surface area (TPSA) is 58.1 Å². The van der Waals surface area contributed by atoms with Crippen LogP contribution in [0.4, 0.5) is 24.5 Å². The van der Waals surface area contributed by atoms with Crippen LogP contribution in [0.15, 0.2) is 73.2 Å². The molecule has 2 aromatic heterocycles. The van der Waals surface area contributed by atoms with E-state index < -0.39 is 11.9 Å². The van der Waals surface area contributed by atoms with Gasteiger partial charge in [0.25, 0.3) is 0 Å². The number of carbonyl (C=O) groups is 1. The van der Waals surface area contributed by atoms with E-state index in [0.717, 1.165) is 29.2 Å². The summed E-state index contributed by atoms with van der Waals surface area (Å²) in [4.78, 5) is 21.3. The summed E-state index contributed by atoms with van der Waals surface area (Å²) in [6.07, 6.45) is 2.71. The van der Waals surface area contributed by atoms with E-state index in [9.17, 15) is 18.0 Å². The van der Waals surface area contributed by atoms with Gasteiger partial charge in [-0.1, -0.05) is 18.2 Å². The van der Waals surface area contributed by atoms with Gasteiger partial charge in [0.1, 0.15) is 5.69 Å². The van der Waals surface area contributed by atoms with Gasteiger partial charge >= 0.3 is 6.18 Å². The highest BCUT2D eigenvalue weighted by Crippen LogP contribution is 2.27. The number of hydrogen-bond acceptors (Lipinski definition) is 4. The Morgan fingerprint density at radius 1 is 1.03 bits per heavy atom. The Hall–Kier alpha value is -3.68. The van der Waals surface area contributed by atoms with Crippen LogP contribution in [0.25, 0.3) is 6.08 Å². The minimum atomic E-state index is -4.48. The van der Waals surface area contributed by atoms with Gasteiger partial charge in [-0.05, 0) is 47.5 Å². The van der Waals surface area contributed by atoms with E-state index in [0.29, 0.717) is 12.1 Å². The lowest BCUT2D eigenvalue weighted by molar-refractivity contribution is -0.141. The maximum Gasteiger partial charge on any atom is 0.433 e. The molecule has 3 aromatic rings. The second-order valence-corrected chi connectivity index (χ2v) is 6.46. The average molecular weight is 412 g/mol. The fourth-order valence-electron chi connectivity index (χ4n) is 2.65. The Morgan fingerprint density at radius 3 is 2.30 bits per heavy atom. The molecule has 0 radical (unpaired) electrons. The number of halogens is 3. The second-order valence-electron chi connectivity index (χ2n) is 6.46. The molecule has 1 amide bonds. The predicted molar refractivity (Wildman–Crippen MR) is 109 cm³/mol. The zero-order chi connectivity index (χ0) is 21.6. The lowest BCUT2D eigenvalue weighted by Crippen LogP contribution is -2.20. The largest absolute Gasteiger partial charge is 0.433 e. The first-order chi connectivity index (χ1) is 14.3. The molecule has 3 rings (SSSR count). The highest BCUT2D eigenvalue weighted by molar-refractivity contribution is 5.91. The fourth-order valence-corrected chi connectivity index (χ4v) is 2.65. The van der Waals surface area contributed by atoms with Gasteiger partial charge in [-0.3, -0.25) is 14.8 Å². The number of pyridine rings is 2. The number of carbonyl (C=O) groups excluding carboxylic acids is 1. The molecule has 2 heterocycles. The number of nitrogens with zero attached hydrogens (tertiary/aromatic N) is 3. The summed E-state index contributed by atoms with van der Waals surface area (Å²) < 4.78 is 37.5. The highest BCUT2D eigenvalue weighted by atomic mass is 19.4. The van der Waals surface area contributed by atoms with Gasteiger partial charge in [-0.2, -0.15) is 13.2 Å². The van der Waals surface area contributed by atoms with Crippen molar-refractivity contribution in [2.75, 3.05) is 11.9 Å². The minimum absolute atomic E-state index is 0.327. The first-order valence-electron chi connectivity index (χ1n) is 9.05. The average Bonchev–Trinajstić information content (AvgIpc) is 2.76. The molecule has 30 heavy (non-hydrogen) atoms. The summed E-state index contributed by atoms with van der Waals surface area (Å²) in [5.41, 5.74) is 2.35. The van der Waals surface area contributed by atoms with Crippen molar-refractivity contribution in [3.8, 4) is 0 Å². The van der Waals surface area contributed by atoms with Crippen LogP contribution in [0.1, 0.15) is 16.8 Å². The summed E-state index contributed by atoms with van der Waals surface area (Å²) in [5, 5.41) is 2.74. The van der Waals surface area contributed by atoms with Crippen molar-refractivity contribution < 1.29 is 18.0 Å². The Labute approximate surface area is 171 Å². The van der Waals surface area contributed by atoms with E-state index in [1.54, 1.807) is 12.4 Å². The lowest BCUT2D eigenvalue weighted by Gasteiger charge is -2.19. The van der Waals surface area contributed by atoms with Crippen molar-refractivity contribution in [1.29, 1.82) is 0 Å². The van der Waals surface area contributed by atoms with E-state index in [-0.39, 0.29) is 5.91 Å². The lowest BCUT2D eigenvalue weighted by atomic mass is 10.2. The molecule has 0 fully saturated rings. The van der Waals surface area contributed by atoms with Crippen LogP contribution in [-0.2, 0) is 17.5 Å². The normalized spacial score (nSPS) is 11.5. The number of rotatable bonds is 6. The number of alkyl halides is 3. The molecule has 154 valence electrons. The number of hydrogen-bond donors (Lipinski definition) is 1. The number of aromatic nitrogens is 2. The first-order valence-corrected chi connectivity index (χ1v) is 9.05. The molecule has 0 bridgehead atoms. The molecular formula is C22H19F3N4O. The van der Waals surface area contributed by atoms with Crippen LogP contribution in [-0.4, -0.2) is 22.9 Å². The summed E-state index contributed by atoms with van der Waals surface area (Å²) in [6, 6.07) is 13.7. The van der Waals surface area contributed by atoms with Gasteiger partial charge in [0.05, 0.1) is 0 Å². The predicted octanol–water partition coefficient (Wildman–Crippen LogP) is 4.59. The van der Waals surface area contributed by atoms with Crippen LogP contribution < -0.4 is 10.2 Å². The number of benzene rings is 1. The monoisotopic (exact) mass is 412 g/mol. The van der Waals surface area contributed by atoms with E-state index >= 15 is 0 Å². The van der Waals surface area contributed by atoms with E-state index in [1.165, 1.54) is 18.2 Å². The van der Waals surface area contributed by atoms with Gasteiger partial charge in [0.15, 0.2) is 0 Å². The molecule has 0 atom stereocenters. The molecule has 0 saturated heterocycles. The number of anilines is 2. The fraction of sp³-hybridized carbons (Fsp3) is 0.136. The molecule has 0 spiro atoms. The van der Waals surface area contributed by atoms with Gasteiger partial charge < -0.3 is 10.2 Å². The third-order valence-electron chi connectivity index (χ3n) is 4.34. The molecule has 1 aromatic carbocycles. The van der Waals surface area contributed by atoms with Crippen LogP contribution in [0.3, 0.4) is 0 Å². The maximum absolute atomic E-state index is 12.5. The standard InChI is InChI=1S/C22H19F3N4O/c1-29(19-10-12-26-13-11-19)18-6-2-16(3-7-18)15-28-21(30)9-5-17-4-8-20(27-14-17)22(23,24)25/h2-14H,15H2,1H3,(H,28,30)/b9-5-. The van der Waals surface area contributed by atoms with Crippen molar-refractivity contribution in [2.45, 2.75) is 12.7 Å². The van der Waals surface area contributed by atoms with E-state index in [2.05, 4.69) is 15.3 Å². The Kier molecular flexibility index (Phi) is 6.46. The second kappa shape index (κ2) is 9.21. The van der Waals surface area contributed by atoms with Crippen LogP contribution in [0, 0.1) is 0 Å². The maximum atomic E-state index is 12.5. The first kappa shape index (κ1) is 21.0. The zero-order valence-electron chi connectivity index (χ0n) is 16.1. The molecular weight excluding hydrogens is 393 g/mol. The van der Waals surface area contributed by atoms with Gasteiger partial charge in [0.2, 0.25) is 5.91 Å². The summed E-state index contributed by atoms with van der Waals surface area (Å²) in [6.45, 7) is 0.327. The highest BCUT2D eigenvalue weighted by Gasteiger charge is 2.31. The molecule has 8 heteroatoms. The van der Waals surface area contributed by atoms with Crippen LogP contribution in [0.5, 0.6) is 0 Å². The van der Waals surface area contributed by atoms with E-state index in [4.69, 9.17) is 0 Å².